The molecule has 4 nitrogen and oxygen atoms in total. The van der Waals surface area contributed by atoms with Crippen LogP contribution < -0.4 is 0 Å². The molecule has 0 radical (unpaired) electrons. The van der Waals surface area contributed by atoms with Crippen LogP contribution in [0.3, 0.4) is 0 Å². The maximum Gasteiger partial charge on any atom is 0.371 e. The van der Waals surface area contributed by atoms with Crippen molar-refractivity contribution >= 4 is 17.7 Å². The van der Waals surface area contributed by atoms with E-state index in [0.717, 1.165) is 11.8 Å². The molecule has 0 fully saturated rings. The van der Waals surface area contributed by atoms with Crippen LogP contribution in [-0.4, -0.2) is 11.1 Å². The van der Waals surface area contributed by atoms with Crippen molar-refractivity contribution in [1.82, 2.24) is 0 Å². The van der Waals surface area contributed by atoms with Gasteiger partial charge in [-0.3, -0.25) is 0 Å². The lowest BCUT2D eigenvalue weighted by Crippen LogP contribution is -1.91. The summed E-state index contributed by atoms with van der Waals surface area (Å²) in [4.78, 5) is 10.2. The molecule has 11 heavy (non-hydrogen) atoms. The fourth-order valence-electron chi connectivity index (χ4n) is 0.535. The third-order valence-electron chi connectivity index (χ3n) is 0.938. The molecular weight excluding hydrogens is 166 g/mol. The average Bonchev–Trinajstić information content (AvgIpc) is 2.37. The number of hydrogen-bond acceptors (Lipinski definition) is 4. The number of hydrogen-bond donors (Lipinski definition) is 1. The first-order valence-corrected chi connectivity index (χ1v) is 3.45. The normalized spacial score (nSPS) is 9.00. The number of nitrogens with zero attached hydrogens (tertiary/aromatic N) is 1. The SMILES string of the molecule is N#CSc1ccc(C(=O)O)o1. The molecule has 0 spiro atoms. The van der Waals surface area contributed by atoms with Crippen molar-refractivity contribution < 1.29 is 14.3 Å². The van der Waals surface area contributed by atoms with Gasteiger partial charge in [0.05, 0.1) is 0 Å². The zero-order valence-corrected chi connectivity index (χ0v) is 6.09. The van der Waals surface area contributed by atoms with Crippen LogP contribution in [0.25, 0.3) is 0 Å². The third-order valence-corrected chi connectivity index (χ3v) is 1.45. The lowest BCUT2D eigenvalue weighted by atomic mass is 10.5. The number of carbonyl (C=O) groups is 1. The van der Waals surface area contributed by atoms with Crippen molar-refractivity contribution in [3.8, 4) is 5.40 Å². The van der Waals surface area contributed by atoms with Crippen LogP contribution in [0.1, 0.15) is 10.6 Å². The van der Waals surface area contributed by atoms with E-state index < -0.39 is 5.97 Å². The Morgan fingerprint density at radius 3 is 2.91 bits per heavy atom. The minimum absolute atomic E-state index is 0.150. The number of carboxylic acids is 1. The van der Waals surface area contributed by atoms with Gasteiger partial charge >= 0.3 is 5.97 Å². The van der Waals surface area contributed by atoms with Gasteiger partial charge in [0.1, 0.15) is 5.40 Å². The van der Waals surface area contributed by atoms with E-state index in [0.29, 0.717) is 5.09 Å². The monoisotopic (exact) mass is 169 g/mol. The molecule has 1 rings (SSSR count). The number of rotatable bonds is 2. The van der Waals surface area contributed by atoms with Crippen LogP contribution in [-0.2, 0) is 0 Å². The van der Waals surface area contributed by atoms with Crippen LogP contribution in [0.4, 0.5) is 0 Å². The molecule has 0 aliphatic rings. The molecule has 1 aromatic rings. The number of thioether (sulfide) groups is 1. The lowest BCUT2D eigenvalue weighted by molar-refractivity contribution is 0.0656. The van der Waals surface area contributed by atoms with E-state index in [1.165, 1.54) is 12.1 Å². The third kappa shape index (κ3) is 1.75. The van der Waals surface area contributed by atoms with Gasteiger partial charge in [-0.1, -0.05) is 0 Å². The molecule has 1 aromatic heterocycles. The Hall–Kier alpha value is -1.41. The summed E-state index contributed by atoms with van der Waals surface area (Å²) in [6.45, 7) is 0. The molecule has 1 N–H and O–H groups in total. The summed E-state index contributed by atoms with van der Waals surface area (Å²) in [5.74, 6) is -1.28. The second kappa shape index (κ2) is 3.12. The number of furan rings is 1. The van der Waals surface area contributed by atoms with Crippen LogP contribution in [0.5, 0.6) is 0 Å². The van der Waals surface area contributed by atoms with Crippen molar-refractivity contribution in [3.05, 3.63) is 17.9 Å². The van der Waals surface area contributed by atoms with Gasteiger partial charge in [0, 0.05) is 11.8 Å². The van der Waals surface area contributed by atoms with Gasteiger partial charge in [-0.05, 0) is 12.1 Å². The molecule has 56 valence electrons. The summed E-state index contributed by atoms with van der Waals surface area (Å²) in [5, 5.41) is 18.6. The molecule has 0 aromatic carbocycles. The standard InChI is InChI=1S/C6H3NO3S/c7-3-11-5-2-1-4(10-5)6(8)9/h1-2H,(H,8,9). The maximum atomic E-state index is 10.2. The Morgan fingerprint density at radius 2 is 2.45 bits per heavy atom. The second-order valence-electron chi connectivity index (χ2n) is 1.62. The maximum absolute atomic E-state index is 10.2. The van der Waals surface area contributed by atoms with E-state index in [2.05, 4.69) is 0 Å². The summed E-state index contributed by atoms with van der Waals surface area (Å²) in [7, 11) is 0. The van der Waals surface area contributed by atoms with Gasteiger partial charge in [0.15, 0.2) is 5.09 Å². The van der Waals surface area contributed by atoms with Gasteiger partial charge in [0.25, 0.3) is 0 Å². The summed E-state index contributed by atoms with van der Waals surface area (Å²) >= 11 is 0.789. The van der Waals surface area contributed by atoms with Gasteiger partial charge in [-0.2, -0.15) is 5.26 Å². The minimum Gasteiger partial charge on any atom is -0.475 e. The van der Waals surface area contributed by atoms with Gasteiger partial charge < -0.3 is 9.52 Å². The molecule has 5 heteroatoms. The Labute approximate surface area is 66.4 Å². The van der Waals surface area contributed by atoms with Crippen LogP contribution in [0, 0.1) is 10.7 Å². The Kier molecular flexibility index (Phi) is 2.18. The molecule has 0 bridgehead atoms. The fourth-order valence-corrected chi connectivity index (χ4v) is 0.892. The number of carboxylic acid groups (broad SMARTS) is 1. The molecule has 0 saturated heterocycles. The molecule has 0 atom stereocenters. The predicted octanol–water partition coefficient (Wildman–Crippen LogP) is 1.55. The number of thiocyanates is 1. The van der Waals surface area contributed by atoms with Crippen molar-refractivity contribution in [2.75, 3.05) is 0 Å². The molecular formula is C6H3NO3S. The topological polar surface area (TPSA) is 74.2 Å². The van der Waals surface area contributed by atoms with Crippen LogP contribution >= 0.6 is 11.8 Å². The fraction of sp³-hybridized carbons (Fsp3) is 0. The lowest BCUT2D eigenvalue weighted by Gasteiger charge is -1.83. The first-order chi connectivity index (χ1) is 5.24. The second-order valence-corrected chi connectivity index (χ2v) is 2.41. The van der Waals surface area contributed by atoms with Crippen molar-refractivity contribution in [3.63, 3.8) is 0 Å². The van der Waals surface area contributed by atoms with Crippen molar-refractivity contribution in [2.45, 2.75) is 5.09 Å². The first-order valence-electron chi connectivity index (χ1n) is 2.63. The Morgan fingerprint density at radius 1 is 1.73 bits per heavy atom. The summed E-state index contributed by atoms with van der Waals surface area (Å²) in [5.41, 5.74) is 0. The Bertz CT molecular complexity index is 312. The summed E-state index contributed by atoms with van der Waals surface area (Å²) in [6.07, 6.45) is 0. The van der Waals surface area contributed by atoms with Gasteiger partial charge in [0.2, 0.25) is 5.76 Å². The zero-order chi connectivity index (χ0) is 8.27. The van der Waals surface area contributed by atoms with Crippen LogP contribution in [0.15, 0.2) is 21.6 Å². The van der Waals surface area contributed by atoms with Gasteiger partial charge in [-0.25, -0.2) is 4.79 Å². The quantitative estimate of drug-likeness (QED) is 0.537. The molecule has 0 saturated carbocycles. The van der Waals surface area contributed by atoms with E-state index in [9.17, 15) is 4.79 Å². The highest BCUT2D eigenvalue weighted by Gasteiger charge is 2.08. The Balaban J connectivity index is 2.83. The first kappa shape index (κ1) is 7.69. The number of aromatic carboxylic acids is 1. The molecule has 0 aliphatic carbocycles. The highest BCUT2D eigenvalue weighted by Crippen LogP contribution is 2.19. The van der Waals surface area contributed by atoms with E-state index >= 15 is 0 Å². The predicted molar refractivity (Wildman–Crippen MR) is 37.1 cm³/mol. The largest absolute Gasteiger partial charge is 0.475 e. The van der Waals surface area contributed by atoms with E-state index in [4.69, 9.17) is 14.8 Å². The highest BCUT2D eigenvalue weighted by atomic mass is 32.2. The molecule has 0 aliphatic heterocycles. The highest BCUT2D eigenvalue weighted by molar-refractivity contribution is 8.03. The average molecular weight is 169 g/mol. The van der Waals surface area contributed by atoms with Crippen molar-refractivity contribution in [1.29, 1.82) is 5.26 Å². The molecule has 1 heterocycles. The van der Waals surface area contributed by atoms with E-state index in [1.807, 2.05) is 0 Å². The van der Waals surface area contributed by atoms with Crippen molar-refractivity contribution in [2.24, 2.45) is 0 Å². The van der Waals surface area contributed by atoms with Crippen LogP contribution in [0.2, 0.25) is 0 Å². The zero-order valence-electron chi connectivity index (χ0n) is 5.27. The summed E-state index contributed by atoms with van der Waals surface area (Å²) in [6, 6.07) is 2.75. The smallest absolute Gasteiger partial charge is 0.371 e. The summed E-state index contributed by atoms with van der Waals surface area (Å²) < 4.78 is 4.73. The molecule has 0 amide bonds. The van der Waals surface area contributed by atoms with E-state index in [-0.39, 0.29) is 5.76 Å². The molecule has 0 unspecified atom stereocenters. The minimum atomic E-state index is -1.13. The number of nitriles is 1. The van der Waals surface area contributed by atoms with E-state index in [1.54, 1.807) is 5.40 Å². The van der Waals surface area contributed by atoms with Gasteiger partial charge in [-0.15, -0.1) is 0 Å².